The van der Waals surface area contributed by atoms with Crippen LogP contribution in [-0.2, 0) is 5.60 Å². The Bertz CT molecular complexity index is 602. The van der Waals surface area contributed by atoms with Crippen molar-refractivity contribution < 1.29 is 5.11 Å². The van der Waals surface area contributed by atoms with E-state index in [0.717, 1.165) is 0 Å². The topological polar surface area (TPSA) is 20.2 Å². The van der Waals surface area contributed by atoms with Gasteiger partial charge in [-0.05, 0) is 12.1 Å². The summed E-state index contributed by atoms with van der Waals surface area (Å²) in [6, 6.07) is 13.9. The van der Waals surface area contributed by atoms with Crippen LogP contribution in [0, 0.1) is 12.3 Å². The van der Waals surface area contributed by atoms with Gasteiger partial charge in [-0.25, -0.2) is 0 Å². The van der Waals surface area contributed by atoms with Crippen molar-refractivity contribution in [2.75, 3.05) is 0 Å². The van der Waals surface area contributed by atoms with Gasteiger partial charge in [-0.15, -0.1) is 6.42 Å². The molecule has 0 spiro atoms. The standard InChI is InChI=1S/C15H10Cl2O/c1-2-15(18,11-6-4-3-5-7-11)12-8-9-13(16)14(17)10-12/h1,3-10,18H. The van der Waals surface area contributed by atoms with Crippen LogP contribution in [0.2, 0.25) is 10.0 Å². The number of benzene rings is 2. The fourth-order valence-corrected chi connectivity index (χ4v) is 2.03. The fourth-order valence-electron chi connectivity index (χ4n) is 1.73. The molecule has 1 atom stereocenters. The first kappa shape index (κ1) is 13.0. The molecule has 1 nitrogen and oxygen atoms in total. The molecule has 1 unspecified atom stereocenters. The van der Waals surface area contributed by atoms with Gasteiger partial charge in [-0.1, -0.05) is 65.5 Å². The molecular formula is C15H10Cl2O. The van der Waals surface area contributed by atoms with Crippen molar-refractivity contribution in [3.8, 4) is 12.3 Å². The lowest BCUT2D eigenvalue weighted by Gasteiger charge is -2.23. The predicted octanol–water partition coefficient (Wildman–Crippen LogP) is 3.86. The molecule has 0 heterocycles. The second-order valence-corrected chi connectivity index (χ2v) is 4.66. The number of rotatable bonds is 2. The number of terminal acetylenes is 1. The van der Waals surface area contributed by atoms with Crippen LogP contribution in [0.1, 0.15) is 11.1 Å². The maximum absolute atomic E-state index is 10.6. The van der Waals surface area contributed by atoms with Crippen molar-refractivity contribution in [3.05, 3.63) is 69.7 Å². The summed E-state index contributed by atoms with van der Waals surface area (Å²) in [5.41, 5.74) is -0.369. The van der Waals surface area contributed by atoms with E-state index < -0.39 is 5.60 Å². The molecule has 0 bridgehead atoms. The van der Waals surface area contributed by atoms with E-state index in [2.05, 4.69) is 5.92 Å². The highest BCUT2D eigenvalue weighted by Crippen LogP contribution is 2.32. The second kappa shape index (κ2) is 5.04. The first-order chi connectivity index (χ1) is 8.58. The third-order valence-electron chi connectivity index (χ3n) is 2.74. The van der Waals surface area contributed by atoms with Crippen molar-refractivity contribution in [2.45, 2.75) is 5.60 Å². The van der Waals surface area contributed by atoms with Crippen molar-refractivity contribution in [3.63, 3.8) is 0 Å². The summed E-state index contributed by atoms with van der Waals surface area (Å²) in [7, 11) is 0. The Morgan fingerprint density at radius 3 is 2.17 bits per heavy atom. The molecule has 0 saturated carbocycles. The van der Waals surface area contributed by atoms with Crippen LogP contribution in [0.4, 0.5) is 0 Å². The molecule has 0 aliphatic carbocycles. The van der Waals surface area contributed by atoms with E-state index in [9.17, 15) is 5.11 Å². The molecule has 90 valence electrons. The van der Waals surface area contributed by atoms with Crippen LogP contribution < -0.4 is 0 Å². The van der Waals surface area contributed by atoms with Gasteiger partial charge < -0.3 is 5.11 Å². The van der Waals surface area contributed by atoms with Crippen molar-refractivity contribution in [2.24, 2.45) is 0 Å². The van der Waals surface area contributed by atoms with Gasteiger partial charge in [0.25, 0.3) is 0 Å². The van der Waals surface area contributed by atoms with Crippen LogP contribution in [0.15, 0.2) is 48.5 Å². The van der Waals surface area contributed by atoms with E-state index in [1.807, 2.05) is 18.2 Å². The summed E-state index contributed by atoms with van der Waals surface area (Å²) in [5, 5.41) is 11.4. The van der Waals surface area contributed by atoms with E-state index in [4.69, 9.17) is 29.6 Å². The van der Waals surface area contributed by atoms with Gasteiger partial charge in [0.15, 0.2) is 5.60 Å². The molecule has 2 aromatic carbocycles. The van der Waals surface area contributed by atoms with Crippen molar-refractivity contribution in [1.82, 2.24) is 0 Å². The SMILES string of the molecule is C#CC(O)(c1ccccc1)c1ccc(Cl)c(Cl)c1. The lowest BCUT2D eigenvalue weighted by molar-refractivity contribution is 0.145. The number of halogens is 2. The molecule has 1 N–H and O–H groups in total. The van der Waals surface area contributed by atoms with Crippen LogP contribution >= 0.6 is 23.2 Å². The molecule has 3 heteroatoms. The van der Waals surface area contributed by atoms with Crippen molar-refractivity contribution >= 4 is 23.2 Å². The monoisotopic (exact) mass is 276 g/mol. The average Bonchev–Trinajstić information content (AvgIpc) is 2.42. The number of hydrogen-bond acceptors (Lipinski definition) is 1. The van der Waals surface area contributed by atoms with Gasteiger partial charge in [0.1, 0.15) is 0 Å². The third kappa shape index (κ3) is 2.23. The largest absolute Gasteiger partial charge is 0.369 e. The van der Waals surface area contributed by atoms with E-state index >= 15 is 0 Å². The average molecular weight is 277 g/mol. The molecular weight excluding hydrogens is 267 g/mol. The lowest BCUT2D eigenvalue weighted by Crippen LogP contribution is -2.24. The molecule has 18 heavy (non-hydrogen) atoms. The first-order valence-corrected chi connectivity index (χ1v) is 6.04. The van der Waals surface area contributed by atoms with Gasteiger partial charge in [-0.2, -0.15) is 0 Å². The van der Waals surface area contributed by atoms with Crippen LogP contribution in [-0.4, -0.2) is 5.11 Å². The van der Waals surface area contributed by atoms with Crippen molar-refractivity contribution in [1.29, 1.82) is 0 Å². The van der Waals surface area contributed by atoms with Crippen LogP contribution in [0.25, 0.3) is 0 Å². The smallest absolute Gasteiger partial charge is 0.176 e. The Morgan fingerprint density at radius 2 is 1.61 bits per heavy atom. The molecule has 0 radical (unpaired) electrons. The lowest BCUT2D eigenvalue weighted by atomic mass is 9.87. The molecule has 0 aliphatic rings. The maximum Gasteiger partial charge on any atom is 0.176 e. The van der Waals surface area contributed by atoms with Crippen LogP contribution in [0.3, 0.4) is 0 Å². The highest BCUT2D eigenvalue weighted by molar-refractivity contribution is 6.42. The van der Waals surface area contributed by atoms with E-state index in [-0.39, 0.29) is 0 Å². The van der Waals surface area contributed by atoms with Gasteiger partial charge in [0.2, 0.25) is 0 Å². The van der Waals surface area contributed by atoms with Gasteiger partial charge >= 0.3 is 0 Å². The molecule has 0 aliphatic heterocycles. The molecule has 0 fully saturated rings. The Balaban J connectivity index is 2.58. The molecule has 0 aromatic heterocycles. The quantitative estimate of drug-likeness (QED) is 0.826. The second-order valence-electron chi connectivity index (χ2n) is 3.85. The molecule has 0 amide bonds. The van der Waals surface area contributed by atoms with Gasteiger partial charge in [0, 0.05) is 11.1 Å². The zero-order chi connectivity index (χ0) is 13.2. The summed E-state index contributed by atoms with van der Waals surface area (Å²) in [5.74, 6) is 2.41. The number of hydrogen-bond donors (Lipinski definition) is 1. The summed E-state index contributed by atoms with van der Waals surface area (Å²) in [6.45, 7) is 0. The highest BCUT2D eigenvalue weighted by Gasteiger charge is 2.29. The Hall–Kier alpha value is -1.46. The summed E-state index contributed by atoms with van der Waals surface area (Å²) >= 11 is 11.8. The Labute approximate surface area is 116 Å². The van der Waals surface area contributed by atoms with E-state index in [1.54, 1.807) is 30.3 Å². The molecule has 2 rings (SSSR count). The van der Waals surface area contributed by atoms with Gasteiger partial charge in [0.05, 0.1) is 10.0 Å². The minimum atomic E-state index is -1.50. The summed E-state index contributed by atoms with van der Waals surface area (Å²) < 4.78 is 0. The molecule has 2 aromatic rings. The predicted molar refractivity (Wildman–Crippen MR) is 74.7 cm³/mol. The zero-order valence-electron chi connectivity index (χ0n) is 9.40. The molecule has 0 saturated heterocycles. The van der Waals surface area contributed by atoms with Gasteiger partial charge in [-0.3, -0.25) is 0 Å². The fraction of sp³-hybridized carbons (Fsp3) is 0.0667. The maximum atomic E-state index is 10.6. The summed E-state index contributed by atoms with van der Waals surface area (Å²) in [4.78, 5) is 0. The van der Waals surface area contributed by atoms with E-state index in [1.165, 1.54) is 0 Å². The normalized spacial score (nSPS) is 13.7. The van der Waals surface area contributed by atoms with E-state index in [0.29, 0.717) is 21.2 Å². The zero-order valence-corrected chi connectivity index (χ0v) is 10.9. The third-order valence-corrected chi connectivity index (χ3v) is 3.48. The first-order valence-electron chi connectivity index (χ1n) is 5.29. The number of aliphatic hydroxyl groups is 1. The minimum absolute atomic E-state index is 0.360. The minimum Gasteiger partial charge on any atom is -0.369 e. The highest BCUT2D eigenvalue weighted by atomic mass is 35.5. The Kier molecular flexibility index (Phi) is 3.63. The van der Waals surface area contributed by atoms with Crippen LogP contribution in [0.5, 0.6) is 0 Å². The Morgan fingerprint density at radius 1 is 0.944 bits per heavy atom. The summed E-state index contributed by atoms with van der Waals surface area (Å²) in [6.07, 6.45) is 5.48.